The maximum atomic E-state index is 12.2. The number of carbonyl (C=O) groups excluding carboxylic acids is 3. The molecule has 3 rings (SSSR count). The number of esters is 2. The third kappa shape index (κ3) is 2.43. The van der Waals surface area contributed by atoms with E-state index in [2.05, 4.69) is 15.9 Å². The second-order valence-corrected chi connectivity index (χ2v) is 6.86. The van der Waals surface area contributed by atoms with E-state index in [1.54, 1.807) is 6.07 Å². The molecule has 6 nitrogen and oxygen atoms in total. The molecule has 0 radical (unpaired) electrons. The molecule has 122 valence electrons. The molecule has 1 aromatic carbocycles. The number of ether oxygens (including phenoxy) is 2. The number of hydrogen-bond donors (Lipinski definition) is 0. The first-order chi connectivity index (χ1) is 10.8. The molecule has 1 aromatic rings. The Balaban J connectivity index is 2.14. The predicted molar refractivity (Wildman–Crippen MR) is 83.5 cm³/mol. The number of carbonyl (C=O) groups is 3. The van der Waals surface area contributed by atoms with Crippen molar-refractivity contribution in [2.75, 3.05) is 7.11 Å². The highest BCUT2D eigenvalue weighted by atomic mass is 79.9. The van der Waals surface area contributed by atoms with Crippen molar-refractivity contribution in [1.82, 2.24) is 4.90 Å². The number of halogens is 1. The lowest BCUT2D eigenvalue weighted by Crippen LogP contribution is -2.46. The van der Waals surface area contributed by atoms with Gasteiger partial charge in [-0.25, -0.2) is 9.59 Å². The minimum absolute atomic E-state index is 0.123. The van der Waals surface area contributed by atoms with Gasteiger partial charge < -0.3 is 9.47 Å². The highest BCUT2D eigenvalue weighted by Crippen LogP contribution is 2.41. The van der Waals surface area contributed by atoms with Crippen LogP contribution < -0.4 is 0 Å². The van der Waals surface area contributed by atoms with Gasteiger partial charge in [0.2, 0.25) is 6.23 Å². The average molecular weight is 382 g/mol. The number of nitrogens with zero attached hydrogens (tertiary/aromatic N) is 1. The summed E-state index contributed by atoms with van der Waals surface area (Å²) in [5.41, 5.74) is 1.95. The van der Waals surface area contributed by atoms with Gasteiger partial charge in [-0.1, -0.05) is 13.8 Å². The first-order valence-corrected chi connectivity index (χ1v) is 8.08. The molecule has 0 N–H and O–H groups in total. The lowest BCUT2D eigenvalue weighted by Gasteiger charge is -2.39. The van der Waals surface area contributed by atoms with Gasteiger partial charge in [0.15, 0.2) is 0 Å². The van der Waals surface area contributed by atoms with Crippen LogP contribution in [0.2, 0.25) is 0 Å². The zero-order chi connectivity index (χ0) is 16.9. The van der Waals surface area contributed by atoms with E-state index < -0.39 is 24.1 Å². The van der Waals surface area contributed by atoms with Crippen LogP contribution in [-0.4, -0.2) is 35.9 Å². The molecule has 0 aromatic heterocycles. The van der Waals surface area contributed by atoms with Crippen LogP contribution in [0.5, 0.6) is 0 Å². The molecule has 1 fully saturated rings. The average Bonchev–Trinajstić information content (AvgIpc) is 2.80. The summed E-state index contributed by atoms with van der Waals surface area (Å²) in [6, 6.07) is 3.35. The van der Waals surface area contributed by atoms with Gasteiger partial charge in [0.1, 0.15) is 0 Å². The lowest BCUT2D eigenvalue weighted by molar-refractivity contribution is -0.149. The molecule has 2 atom stereocenters. The Morgan fingerprint density at radius 2 is 2.09 bits per heavy atom. The Kier molecular flexibility index (Phi) is 3.91. The lowest BCUT2D eigenvalue weighted by atomic mass is 9.86. The molecule has 0 aliphatic carbocycles. The fourth-order valence-electron chi connectivity index (χ4n) is 3.14. The second-order valence-electron chi connectivity index (χ2n) is 6.01. The van der Waals surface area contributed by atoms with Gasteiger partial charge in [-0.3, -0.25) is 9.69 Å². The van der Waals surface area contributed by atoms with E-state index in [-0.39, 0.29) is 12.0 Å². The first kappa shape index (κ1) is 16.0. The van der Waals surface area contributed by atoms with Crippen LogP contribution >= 0.6 is 15.9 Å². The second kappa shape index (κ2) is 5.63. The summed E-state index contributed by atoms with van der Waals surface area (Å²) in [4.78, 5) is 37.3. The minimum Gasteiger partial charge on any atom is -0.465 e. The van der Waals surface area contributed by atoms with Crippen molar-refractivity contribution in [3.63, 3.8) is 0 Å². The summed E-state index contributed by atoms with van der Waals surface area (Å²) in [7, 11) is 1.30. The Bertz CT molecular complexity index is 715. The van der Waals surface area contributed by atoms with E-state index in [9.17, 15) is 14.4 Å². The topological polar surface area (TPSA) is 72.9 Å². The van der Waals surface area contributed by atoms with E-state index in [0.717, 1.165) is 5.56 Å². The number of rotatable bonds is 2. The van der Waals surface area contributed by atoms with E-state index in [4.69, 9.17) is 9.47 Å². The van der Waals surface area contributed by atoms with Gasteiger partial charge in [0.25, 0.3) is 0 Å². The number of hydrogen-bond acceptors (Lipinski definition) is 5. The number of fused-ring (bicyclic) bond motifs is 3. The molecule has 2 aliphatic rings. The van der Waals surface area contributed by atoms with Crippen LogP contribution in [-0.2, 0) is 25.5 Å². The fourth-order valence-corrected chi connectivity index (χ4v) is 3.70. The van der Waals surface area contributed by atoms with E-state index in [0.29, 0.717) is 22.0 Å². The van der Waals surface area contributed by atoms with E-state index in [1.807, 2.05) is 19.9 Å². The molecule has 1 amide bonds. The first-order valence-electron chi connectivity index (χ1n) is 7.29. The van der Waals surface area contributed by atoms with Gasteiger partial charge in [0, 0.05) is 16.1 Å². The SMILES string of the molecule is COC(=O)c1cc2c(cc1Br)CC(C(C)C)N1C(=O)C(=O)OC21. The van der Waals surface area contributed by atoms with E-state index in [1.165, 1.54) is 12.0 Å². The maximum Gasteiger partial charge on any atom is 0.399 e. The molecular weight excluding hydrogens is 366 g/mol. The molecular formula is C16H16BrNO5. The smallest absolute Gasteiger partial charge is 0.399 e. The third-order valence-corrected chi connectivity index (χ3v) is 4.99. The van der Waals surface area contributed by atoms with Gasteiger partial charge >= 0.3 is 17.8 Å². The van der Waals surface area contributed by atoms with Crippen molar-refractivity contribution in [3.8, 4) is 0 Å². The summed E-state index contributed by atoms with van der Waals surface area (Å²) in [5, 5.41) is 0. The number of amides is 1. The van der Waals surface area contributed by atoms with Gasteiger partial charge in [-0.05, 0) is 46.0 Å². The molecule has 23 heavy (non-hydrogen) atoms. The Morgan fingerprint density at radius 3 is 2.70 bits per heavy atom. The van der Waals surface area contributed by atoms with Crippen molar-refractivity contribution in [2.24, 2.45) is 5.92 Å². The summed E-state index contributed by atoms with van der Waals surface area (Å²) in [6.07, 6.45) is -0.172. The van der Waals surface area contributed by atoms with Crippen LogP contribution in [0, 0.1) is 5.92 Å². The summed E-state index contributed by atoms with van der Waals surface area (Å²) < 4.78 is 10.6. The van der Waals surface area contributed by atoms with Crippen molar-refractivity contribution in [1.29, 1.82) is 0 Å². The molecule has 2 unspecified atom stereocenters. The van der Waals surface area contributed by atoms with Crippen LogP contribution in [0.3, 0.4) is 0 Å². The minimum atomic E-state index is -0.851. The summed E-state index contributed by atoms with van der Waals surface area (Å²) in [5.74, 6) is -1.80. The van der Waals surface area contributed by atoms with Crippen LogP contribution in [0.4, 0.5) is 0 Å². The predicted octanol–water partition coefficient (Wildman–Crippen LogP) is 2.20. The maximum absolute atomic E-state index is 12.2. The number of methoxy groups -OCH3 is 1. The van der Waals surface area contributed by atoms with Crippen molar-refractivity contribution < 1.29 is 23.9 Å². The van der Waals surface area contributed by atoms with Crippen molar-refractivity contribution in [3.05, 3.63) is 33.3 Å². The van der Waals surface area contributed by atoms with Crippen LogP contribution in [0.1, 0.15) is 41.6 Å². The monoisotopic (exact) mass is 381 g/mol. The van der Waals surface area contributed by atoms with Gasteiger partial charge in [-0.15, -0.1) is 0 Å². The van der Waals surface area contributed by atoms with Crippen molar-refractivity contribution in [2.45, 2.75) is 32.5 Å². The molecule has 0 bridgehead atoms. The quantitative estimate of drug-likeness (QED) is 0.579. The van der Waals surface area contributed by atoms with E-state index >= 15 is 0 Å². The molecule has 7 heteroatoms. The highest BCUT2D eigenvalue weighted by Gasteiger charge is 2.49. The molecule has 2 aliphatic heterocycles. The normalized spacial score (nSPS) is 22.7. The Labute approximate surface area is 141 Å². The number of benzene rings is 1. The largest absolute Gasteiger partial charge is 0.465 e. The zero-order valence-electron chi connectivity index (χ0n) is 13.0. The fraction of sp³-hybridized carbons (Fsp3) is 0.438. The summed E-state index contributed by atoms with van der Waals surface area (Å²) in [6.45, 7) is 4.00. The van der Waals surface area contributed by atoms with Crippen molar-refractivity contribution >= 4 is 33.8 Å². The molecule has 1 saturated heterocycles. The zero-order valence-corrected chi connectivity index (χ0v) is 14.5. The Hall–Kier alpha value is -1.89. The standard InChI is InChI=1S/C16H16BrNO5/c1-7(2)12-5-8-4-11(17)10(15(20)22-3)6-9(8)14-18(12)13(19)16(21)23-14/h4,6-7,12,14H,5H2,1-3H3. The molecule has 2 heterocycles. The summed E-state index contributed by atoms with van der Waals surface area (Å²) >= 11 is 3.38. The van der Waals surface area contributed by atoms with Gasteiger partial charge in [-0.2, -0.15) is 0 Å². The molecule has 0 saturated carbocycles. The van der Waals surface area contributed by atoms with Gasteiger partial charge in [0.05, 0.1) is 12.7 Å². The van der Waals surface area contributed by atoms with Crippen LogP contribution in [0.25, 0.3) is 0 Å². The molecule has 0 spiro atoms. The Morgan fingerprint density at radius 1 is 1.39 bits per heavy atom. The van der Waals surface area contributed by atoms with Crippen LogP contribution in [0.15, 0.2) is 16.6 Å². The highest BCUT2D eigenvalue weighted by molar-refractivity contribution is 9.10. The third-order valence-electron chi connectivity index (χ3n) is 4.34.